The van der Waals surface area contributed by atoms with E-state index in [1.54, 1.807) is 19.2 Å². The molecule has 0 bridgehead atoms. The van der Waals surface area contributed by atoms with Gasteiger partial charge in [-0.3, -0.25) is 0 Å². The number of methoxy groups -OCH3 is 1. The van der Waals surface area contributed by atoms with Crippen LogP contribution in [0.5, 0.6) is 11.5 Å². The Hall–Kier alpha value is -2.92. The first-order chi connectivity index (χ1) is 14.1. The molecule has 1 N–H and O–H groups in total. The lowest BCUT2D eigenvalue weighted by Gasteiger charge is -2.17. The number of hydrogen-bond donors (Lipinski definition) is 1. The molecule has 150 valence electrons. The summed E-state index contributed by atoms with van der Waals surface area (Å²) < 4.78 is 24.6. The van der Waals surface area contributed by atoms with E-state index in [-0.39, 0.29) is 12.4 Å². The van der Waals surface area contributed by atoms with Crippen LogP contribution in [0.15, 0.2) is 66.7 Å². The van der Waals surface area contributed by atoms with Crippen LogP contribution >= 0.6 is 12.2 Å². The number of para-hydroxylation sites is 1. The molecule has 0 saturated heterocycles. The van der Waals surface area contributed by atoms with Crippen LogP contribution in [0.3, 0.4) is 0 Å². The largest absolute Gasteiger partial charge is 0.493 e. The maximum atomic E-state index is 13.1. The average Bonchev–Trinajstić information content (AvgIpc) is 2.77. The van der Waals surface area contributed by atoms with Gasteiger partial charge in [0.2, 0.25) is 0 Å². The van der Waals surface area contributed by atoms with Gasteiger partial charge < -0.3 is 14.8 Å². The van der Waals surface area contributed by atoms with Gasteiger partial charge in [0, 0.05) is 6.54 Å². The lowest BCUT2D eigenvalue weighted by molar-refractivity contribution is 0.284. The molecule has 3 aromatic carbocycles. The molecular weight excluding hydrogens is 385 g/mol. The van der Waals surface area contributed by atoms with Gasteiger partial charge in [-0.25, -0.2) is 4.39 Å². The van der Waals surface area contributed by atoms with E-state index in [4.69, 9.17) is 21.7 Å². The van der Waals surface area contributed by atoms with Crippen molar-refractivity contribution in [3.05, 3.63) is 94.8 Å². The van der Waals surface area contributed by atoms with Gasteiger partial charge >= 0.3 is 0 Å². The third-order valence-corrected chi connectivity index (χ3v) is 4.99. The molecule has 0 aromatic heterocycles. The Labute approximate surface area is 176 Å². The zero-order chi connectivity index (χ0) is 20.6. The summed E-state index contributed by atoms with van der Waals surface area (Å²) >= 11 is 5.62. The van der Waals surface area contributed by atoms with Crippen LogP contribution in [0, 0.1) is 5.82 Å². The normalized spacial score (nSPS) is 10.4. The molecule has 0 aliphatic rings. The van der Waals surface area contributed by atoms with Gasteiger partial charge in [0.15, 0.2) is 11.5 Å². The second-order valence-corrected chi connectivity index (χ2v) is 7.01. The van der Waals surface area contributed by atoms with Crippen molar-refractivity contribution in [3.8, 4) is 11.5 Å². The van der Waals surface area contributed by atoms with Crippen molar-refractivity contribution in [2.24, 2.45) is 0 Å². The Kier molecular flexibility index (Phi) is 7.19. The Morgan fingerprint density at radius 2 is 1.59 bits per heavy atom. The summed E-state index contributed by atoms with van der Waals surface area (Å²) in [5.74, 6) is 0.892. The fourth-order valence-corrected chi connectivity index (χ4v) is 3.14. The van der Waals surface area contributed by atoms with E-state index in [0.29, 0.717) is 23.0 Å². The summed E-state index contributed by atoms with van der Waals surface area (Å²) in [6, 6.07) is 20.3. The predicted octanol–water partition coefficient (Wildman–Crippen LogP) is 5.44. The zero-order valence-electron chi connectivity index (χ0n) is 16.6. The lowest BCUT2D eigenvalue weighted by Crippen LogP contribution is -2.22. The van der Waals surface area contributed by atoms with E-state index < -0.39 is 0 Å². The molecular formula is C24H24FNO2S. The van der Waals surface area contributed by atoms with E-state index in [9.17, 15) is 4.39 Å². The highest BCUT2D eigenvalue weighted by Gasteiger charge is 2.15. The topological polar surface area (TPSA) is 30.5 Å². The van der Waals surface area contributed by atoms with Crippen LogP contribution in [0.1, 0.15) is 29.2 Å². The minimum Gasteiger partial charge on any atom is -0.493 e. The number of ether oxygens (including phenoxy) is 2. The summed E-state index contributed by atoms with van der Waals surface area (Å²) in [5, 5.41) is 3.30. The number of halogens is 1. The SMILES string of the molecule is CCc1ccc(CNC(=S)c2cccc(OC)c2OCc2ccc(F)cc2)cc1. The molecule has 0 aliphatic carbocycles. The number of thiocarbonyl (C=S) groups is 1. The molecule has 0 radical (unpaired) electrons. The number of hydrogen-bond acceptors (Lipinski definition) is 3. The molecule has 0 unspecified atom stereocenters. The highest BCUT2D eigenvalue weighted by atomic mass is 32.1. The van der Waals surface area contributed by atoms with Gasteiger partial charge in [0.05, 0.1) is 12.7 Å². The molecule has 5 heteroatoms. The molecule has 0 fully saturated rings. The third kappa shape index (κ3) is 5.55. The molecule has 3 aromatic rings. The van der Waals surface area contributed by atoms with Crippen molar-refractivity contribution in [2.45, 2.75) is 26.5 Å². The zero-order valence-corrected chi connectivity index (χ0v) is 17.4. The Morgan fingerprint density at radius 1 is 0.931 bits per heavy atom. The first kappa shape index (κ1) is 20.8. The standard InChI is InChI=1S/C24H24FNO2S/c1-3-17-7-9-18(10-8-17)15-26-24(29)21-5-4-6-22(27-2)23(21)28-16-19-11-13-20(25)14-12-19/h4-14H,3,15-16H2,1-2H3,(H,26,29). The minimum absolute atomic E-state index is 0.274. The molecule has 0 saturated carbocycles. The van der Waals surface area contributed by atoms with E-state index in [2.05, 4.69) is 36.5 Å². The summed E-state index contributed by atoms with van der Waals surface area (Å²) in [5.41, 5.74) is 4.08. The van der Waals surface area contributed by atoms with Crippen LogP contribution in [-0.2, 0) is 19.6 Å². The van der Waals surface area contributed by atoms with Crippen molar-refractivity contribution in [2.75, 3.05) is 7.11 Å². The fourth-order valence-electron chi connectivity index (χ4n) is 2.91. The number of aryl methyl sites for hydroxylation is 1. The van der Waals surface area contributed by atoms with E-state index >= 15 is 0 Å². The van der Waals surface area contributed by atoms with Gasteiger partial charge in [-0.15, -0.1) is 0 Å². The molecule has 0 heterocycles. The Balaban J connectivity index is 1.73. The van der Waals surface area contributed by atoms with Crippen LogP contribution in [0.2, 0.25) is 0 Å². The summed E-state index contributed by atoms with van der Waals surface area (Å²) in [7, 11) is 1.59. The highest BCUT2D eigenvalue weighted by Crippen LogP contribution is 2.32. The van der Waals surface area contributed by atoms with Crippen molar-refractivity contribution >= 4 is 17.2 Å². The smallest absolute Gasteiger partial charge is 0.171 e. The maximum absolute atomic E-state index is 13.1. The van der Waals surface area contributed by atoms with Gasteiger partial charge in [0.25, 0.3) is 0 Å². The average molecular weight is 410 g/mol. The molecule has 0 spiro atoms. The number of rotatable bonds is 8. The second-order valence-electron chi connectivity index (χ2n) is 6.60. The number of nitrogens with one attached hydrogen (secondary N) is 1. The molecule has 0 aliphatic heterocycles. The highest BCUT2D eigenvalue weighted by molar-refractivity contribution is 7.80. The molecule has 29 heavy (non-hydrogen) atoms. The monoisotopic (exact) mass is 409 g/mol. The first-order valence-corrected chi connectivity index (χ1v) is 9.91. The van der Waals surface area contributed by atoms with E-state index in [0.717, 1.165) is 23.1 Å². The van der Waals surface area contributed by atoms with Gasteiger partial charge in [-0.2, -0.15) is 0 Å². The third-order valence-electron chi connectivity index (χ3n) is 4.62. The van der Waals surface area contributed by atoms with Crippen molar-refractivity contribution in [1.29, 1.82) is 0 Å². The Morgan fingerprint density at radius 3 is 2.24 bits per heavy atom. The fraction of sp³-hybridized carbons (Fsp3) is 0.208. The van der Waals surface area contributed by atoms with Gasteiger partial charge in [-0.1, -0.05) is 61.6 Å². The van der Waals surface area contributed by atoms with Crippen molar-refractivity contribution < 1.29 is 13.9 Å². The first-order valence-electron chi connectivity index (χ1n) is 9.51. The summed E-state index contributed by atoms with van der Waals surface area (Å²) in [6.07, 6.45) is 1.02. The molecule has 3 nitrogen and oxygen atoms in total. The summed E-state index contributed by atoms with van der Waals surface area (Å²) in [6.45, 7) is 3.05. The second kappa shape index (κ2) is 10.0. The predicted molar refractivity (Wildman–Crippen MR) is 118 cm³/mol. The quantitative estimate of drug-likeness (QED) is 0.502. The molecule has 3 rings (SSSR count). The van der Waals surface area contributed by atoms with E-state index in [1.165, 1.54) is 17.7 Å². The van der Waals surface area contributed by atoms with Gasteiger partial charge in [0.1, 0.15) is 17.4 Å². The van der Waals surface area contributed by atoms with Crippen LogP contribution in [-0.4, -0.2) is 12.1 Å². The number of benzene rings is 3. The molecule has 0 atom stereocenters. The lowest BCUT2D eigenvalue weighted by atomic mass is 10.1. The van der Waals surface area contributed by atoms with Crippen molar-refractivity contribution in [3.63, 3.8) is 0 Å². The van der Waals surface area contributed by atoms with Crippen LogP contribution in [0.4, 0.5) is 4.39 Å². The van der Waals surface area contributed by atoms with E-state index in [1.807, 2.05) is 18.2 Å². The summed E-state index contributed by atoms with van der Waals surface area (Å²) in [4.78, 5) is 0.581. The minimum atomic E-state index is -0.274. The van der Waals surface area contributed by atoms with Gasteiger partial charge in [-0.05, 0) is 47.4 Å². The Bertz CT molecular complexity index is 956. The van der Waals surface area contributed by atoms with Crippen LogP contribution in [0.25, 0.3) is 0 Å². The molecule has 0 amide bonds. The van der Waals surface area contributed by atoms with Crippen molar-refractivity contribution in [1.82, 2.24) is 5.32 Å². The maximum Gasteiger partial charge on any atom is 0.171 e. The van der Waals surface area contributed by atoms with Crippen LogP contribution < -0.4 is 14.8 Å².